The summed E-state index contributed by atoms with van der Waals surface area (Å²) >= 11 is 7.64. The van der Waals surface area contributed by atoms with E-state index in [0.29, 0.717) is 5.02 Å². The van der Waals surface area contributed by atoms with Gasteiger partial charge >= 0.3 is 0 Å². The summed E-state index contributed by atoms with van der Waals surface area (Å²) in [4.78, 5) is 15.7. The van der Waals surface area contributed by atoms with Crippen LogP contribution in [0.1, 0.15) is 6.92 Å². The van der Waals surface area contributed by atoms with Gasteiger partial charge in [-0.2, -0.15) is 0 Å². The Morgan fingerprint density at radius 1 is 1.17 bits per heavy atom. The Morgan fingerprint density at radius 3 is 2.78 bits per heavy atom. The molecule has 0 aliphatic carbocycles. The van der Waals surface area contributed by atoms with Gasteiger partial charge in [0.1, 0.15) is 0 Å². The summed E-state index contributed by atoms with van der Waals surface area (Å²) in [6, 6.07) is 15.1. The van der Waals surface area contributed by atoms with Crippen LogP contribution in [0.3, 0.4) is 0 Å². The number of benzene rings is 2. The van der Waals surface area contributed by atoms with Gasteiger partial charge in [0.25, 0.3) is 0 Å². The largest absolute Gasteiger partial charge is 0.330 e. The van der Waals surface area contributed by atoms with Crippen LogP contribution < -0.4 is 10.6 Å². The molecule has 0 aliphatic heterocycles. The minimum Gasteiger partial charge on any atom is -0.330 e. The lowest BCUT2D eigenvalue weighted by atomic mass is 10.1. The Kier molecular flexibility index (Phi) is 4.60. The van der Waals surface area contributed by atoms with Crippen molar-refractivity contribution in [2.24, 2.45) is 0 Å². The molecule has 0 saturated heterocycles. The van der Waals surface area contributed by atoms with Crippen LogP contribution in [-0.2, 0) is 4.79 Å². The molecule has 2 N–H and O–H groups in total. The summed E-state index contributed by atoms with van der Waals surface area (Å²) < 4.78 is 0. The molecule has 0 spiro atoms. The highest BCUT2D eigenvalue weighted by Gasteiger charge is 2.07. The first-order chi connectivity index (χ1) is 11.1. The molecule has 2 aromatic carbocycles. The topological polar surface area (TPSA) is 54.0 Å². The van der Waals surface area contributed by atoms with Gasteiger partial charge in [0.05, 0.1) is 16.4 Å². The van der Waals surface area contributed by atoms with E-state index in [4.69, 9.17) is 11.6 Å². The maximum Gasteiger partial charge on any atom is 0.221 e. The number of rotatable bonds is 4. The smallest absolute Gasteiger partial charge is 0.221 e. The lowest BCUT2D eigenvalue weighted by molar-refractivity contribution is -0.114. The van der Waals surface area contributed by atoms with Crippen LogP contribution in [-0.4, -0.2) is 10.9 Å². The van der Waals surface area contributed by atoms with E-state index < -0.39 is 0 Å². The van der Waals surface area contributed by atoms with E-state index in [2.05, 4.69) is 15.6 Å². The number of aromatic nitrogens is 1. The fraction of sp³-hybridized carbons (Fsp3) is 0.0588. The molecule has 0 radical (unpaired) electrons. The molecule has 0 fully saturated rings. The number of nitrogens with one attached hydrogen (secondary N) is 2. The summed E-state index contributed by atoms with van der Waals surface area (Å²) in [5.74, 6) is -0.0958. The fourth-order valence-electron chi connectivity index (χ4n) is 2.10. The van der Waals surface area contributed by atoms with Crippen molar-refractivity contribution in [3.05, 3.63) is 58.9 Å². The van der Waals surface area contributed by atoms with Gasteiger partial charge in [-0.3, -0.25) is 4.79 Å². The second-order valence-electron chi connectivity index (χ2n) is 4.90. The van der Waals surface area contributed by atoms with Gasteiger partial charge in [-0.15, -0.1) is 11.3 Å². The van der Waals surface area contributed by atoms with Gasteiger partial charge in [0.2, 0.25) is 5.91 Å². The number of hydrogen-bond acceptors (Lipinski definition) is 4. The van der Waals surface area contributed by atoms with E-state index in [1.807, 2.05) is 53.9 Å². The van der Waals surface area contributed by atoms with Crippen molar-refractivity contribution in [3.8, 4) is 11.3 Å². The molecule has 0 unspecified atom stereocenters. The summed E-state index contributed by atoms with van der Waals surface area (Å²) in [6.07, 6.45) is 0. The van der Waals surface area contributed by atoms with Crippen LogP contribution in [0.5, 0.6) is 0 Å². The van der Waals surface area contributed by atoms with E-state index >= 15 is 0 Å². The Labute approximate surface area is 143 Å². The minimum atomic E-state index is -0.0958. The molecular weight excluding hydrogens is 330 g/mol. The summed E-state index contributed by atoms with van der Waals surface area (Å²) in [5.41, 5.74) is 3.36. The van der Waals surface area contributed by atoms with E-state index in [0.717, 1.165) is 27.8 Å². The summed E-state index contributed by atoms with van der Waals surface area (Å²) in [6.45, 7) is 1.49. The normalized spacial score (nSPS) is 10.3. The van der Waals surface area contributed by atoms with Crippen LogP contribution >= 0.6 is 22.9 Å². The highest BCUT2D eigenvalue weighted by molar-refractivity contribution is 7.14. The lowest BCUT2D eigenvalue weighted by Crippen LogP contribution is -2.05. The average Bonchev–Trinajstić information content (AvgIpc) is 2.98. The highest BCUT2D eigenvalue weighted by atomic mass is 35.5. The quantitative estimate of drug-likeness (QED) is 0.687. The molecule has 0 saturated carbocycles. The summed E-state index contributed by atoms with van der Waals surface area (Å²) in [7, 11) is 0. The number of amides is 1. The third-order valence-corrected chi connectivity index (χ3v) is 4.19. The maximum atomic E-state index is 11.2. The number of anilines is 3. The molecule has 4 nitrogen and oxygen atoms in total. The Bertz CT molecular complexity index is 847. The van der Waals surface area contributed by atoms with Crippen molar-refractivity contribution >= 4 is 45.4 Å². The van der Waals surface area contributed by atoms with Gasteiger partial charge in [0, 0.05) is 23.6 Å². The second kappa shape index (κ2) is 6.81. The predicted molar refractivity (Wildman–Crippen MR) is 96.6 cm³/mol. The van der Waals surface area contributed by atoms with Crippen molar-refractivity contribution < 1.29 is 4.79 Å². The van der Waals surface area contributed by atoms with Gasteiger partial charge in [0.15, 0.2) is 5.13 Å². The van der Waals surface area contributed by atoms with E-state index in [9.17, 15) is 4.79 Å². The number of carbonyl (C=O) groups is 1. The highest BCUT2D eigenvalue weighted by Crippen LogP contribution is 2.30. The predicted octanol–water partition coefficient (Wildman–Crippen LogP) is 5.17. The SMILES string of the molecule is CC(=O)Nc1cccc(-c2csc(Nc3ccccc3Cl)n2)c1. The van der Waals surface area contributed by atoms with Crippen LogP contribution in [0.15, 0.2) is 53.9 Å². The van der Waals surface area contributed by atoms with E-state index in [1.165, 1.54) is 18.3 Å². The third kappa shape index (κ3) is 3.88. The first-order valence-electron chi connectivity index (χ1n) is 6.97. The van der Waals surface area contributed by atoms with Gasteiger partial charge in [-0.05, 0) is 24.3 Å². The van der Waals surface area contributed by atoms with Crippen LogP contribution in [0.4, 0.5) is 16.5 Å². The zero-order valence-electron chi connectivity index (χ0n) is 12.3. The molecule has 3 rings (SSSR count). The molecular formula is C17H14ClN3OS. The maximum absolute atomic E-state index is 11.2. The van der Waals surface area contributed by atoms with Crippen LogP contribution in [0.2, 0.25) is 5.02 Å². The van der Waals surface area contributed by atoms with E-state index in [1.54, 1.807) is 0 Å². The van der Waals surface area contributed by atoms with Crippen molar-refractivity contribution in [1.82, 2.24) is 4.98 Å². The Balaban J connectivity index is 1.82. The minimum absolute atomic E-state index is 0.0958. The van der Waals surface area contributed by atoms with Crippen molar-refractivity contribution in [2.75, 3.05) is 10.6 Å². The lowest BCUT2D eigenvalue weighted by Gasteiger charge is -2.05. The zero-order valence-corrected chi connectivity index (χ0v) is 13.9. The average molecular weight is 344 g/mol. The van der Waals surface area contributed by atoms with Gasteiger partial charge in [-0.25, -0.2) is 4.98 Å². The number of para-hydroxylation sites is 1. The number of halogens is 1. The first kappa shape index (κ1) is 15.5. The molecule has 0 bridgehead atoms. The van der Waals surface area contributed by atoms with Gasteiger partial charge in [-0.1, -0.05) is 35.9 Å². The second-order valence-corrected chi connectivity index (χ2v) is 6.17. The standard InChI is InChI=1S/C17H14ClN3OS/c1-11(22)19-13-6-4-5-12(9-13)16-10-23-17(21-16)20-15-8-3-2-7-14(15)18/h2-10H,1H3,(H,19,22)(H,20,21). The fourth-order valence-corrected chi connectivity index (χ4v) is 3.02. The van der Waals surface area contributed by atoms with Crippen molar-refractivity contribution in [1.29, 1.82) is 0 Å². The monoisotopic (exact) mass is 343 g/mol. The molecule has 3 aromatic rings. The molecule has 1 aromatic heterocycles. The first-order valence-corrected chi connectivity index (χ1v) is 8.23. The molecule has 1 heterocycles. The zero-order chi connectivity index (χ0) is 16.2. The molecule has 0 aliphatic rings. The molecule has 0 atom stereocenters. The van der Waals surface area contributed by atoms with E-state index in [-0.39, 0.29) is 5.91 Å². The van der Waals surface area contributed by atoms with Crippen LogP contribution in [0, 0.1) is 0 Å². The molecule has 116 valence electrons. The number of thiazole rings is 1. The Hall–Kier alpha value is -2.37. The number of hydrogen-bond donors (Lipinski definition) is 2. The van der Waals surface area contributed by atoms with Gasteiger partial charge < -0.3 is 10.6 Å². The van der Waals surface area contributed by atoms with Crippen molar-refractivity contribution in [2.45, 2.75) is 6.92 Å². The van der Waals surface area contributed by atoms with Crippen molar-refractivity contribution in [3.63, 3.8) is 0 Å². The number of carbonyl (C=O) groups excluding carboxylic acids is 1. The summed E-state index contributed by atoms with van der Waals surface area (Å²) in [5, 5.41) is 9.36. The molecule has 23 heavy (non-hydrogen) atoms. The third-order valence-electron chi connectivity index (χ3n) is 3.10. The van der Waals surface area contributed by atoms with Crippen LogP contribution in [0.25, 0.3) is 11.3 Å². The molecule has 1 amide bonds. The Morgan fingerprint density at radius 2 is 2.00 bits per heavy atom. The number of nitrogens with zero attached hydrogens (tertiary/aromatic N) is 1. The molecule has 6 heteroatoms.